The van der Waals surface area contributed by atoms with Crippen LogP contribution in [0.3, 0.4) is 0 Å². The molecule has 0 aromatic heterocycles. The molecule has 8 heteroatoms. The Labute approximate surface area is 173 Å². The van der Waals surface area contributed by atoms with Gasteiger partial charge in [0, 0.05) is 71.2 Å². The fourth-order valence-electron chi connectivity index (χ4n) is 4.58. The van der Waals surface area contributed by atoms with Gasteiger partial charge in [-0.15, -0.1) is 0 Å². The normalized spacial score (nSPS) is 22.9. The van der Waals surface area contributed by atoms with Crippen molar-refractivity contribution in [3.63, 3.8) is 0 Å². The summed E-state index contributed by atoms with van der Waals surface area (Å²) in [5, 5.41) is 2.99. The van der Waals surface area contributed by atoms with E-state index in [0.29, 0.717) is 43.6 Å². The second-order valence-electron chi connectivity index (χ2n) is 8.28. The molecule has 0 atom stereocenters. The number of piperidine rings is 1. The number of carbonyl (C=O) groups is 3. The van der Waals surface area contributed by atoms with Crippen LogP contribution in [-0.2, 0) is 19.1 Å². The summed E-state index contributed by atoms with van der Waals surface area (Å²) in [7, 11) is 0. The standard InChI is InChI=1S/C21H34N4O4/c1-4-23-12-14-24(15-13-23)9-5-8-22-19(27)18-16(2)20(28)29-21(18)6-10-25(11-7-21)17(3)26/h4-15H2,1-3H3,(H,22,27). The number of hydrogen-bond donors (Lipinski definition) is 1. The summed E-state index contributed by atoms with van der Waals surface area (Å²) >= 11 is 0. The third-order valence-corrected chi connectivity index (χ3v) is 6.52. The predicted octanol–water partition coefficient (Wildman–Crippen LogP) is 0.385. The molecule has 2 fully saturated rings. The predicted molar refractivity (Wildman–Crippen MR) is 109 cm³/mol. The number of nitrogens with one attached hydrogen (secondary N) is 1. The van der Waals surface area contributed by atoms with Crippen molar-refractivity contribution >= 4 is 17.8 Å². The molecule has 0 bridgehead atoms. The van der Waals surface area contributed by atoms with E-state index in [1.807, 2.05) is 0 Å². The molecular formula is C21H34N4O4. The van der Waals surface area contributed by atoms with Gasteiger partial charge in [-0.3, -0.25) is 9.59 Å². The maximum Gasteiger partial charge on any atom is 0.335 e. The van der Waals surface area contributed by atoms with Gasteiger partial charge in [0.2, 0.25) is 5.91 Å². The minimum absolute atomic E-state index is 0.00986. The van der Waals surface area contributed by atoms with E-state index in [1.54, 1.807) is 11.8 Å². The highest BCUT2D eigenvalue weighted by Gasteiger charge is 2.50. The number of rotatable bonds is 6. The van der Waals surface area contributed by atoms with Crippen LogP contribution in [0.25, 0.3) is 0 Å². The van der Waals surface area contributed by atoms with E-state index >= 15 is 0 Å². The summed E-state index contributed by atoms with van der Waals surface area (Å²) in [5.74, 6) is -0.615. The largest absolute Gasteiger partial charge is 0.450 e. The van der Waals surface area contributed by atoms with Crippen molar-refractivity contribution < 1.29 is 19.1 Å². The molecule has 0 radical (unpaired) electrons. The van der Waals surface area contributed by atoms with E-state index < -0.39 is 11.6 Å². The van der Waals surface area contributed by atoms with Gasteiger partial charge in [0.25, 0.3) is 5.91 Å². The van der Waals surface area contributed by atoms with Crippen LogP contribution in [-0.4, -0.2) is 97.0 Å². The average Bonchev–Trinajstić information content (AvgIpc) is 2.95. The highest BCUT2D eigenvalue weighted by Crippen LogP contribution is 2.41. The average molecular weight is 407 g/mol. The smallest absolute Gasteiger partial charge is 0.335 e. The number of piperazine rings is 1. The van der Waals surface area contributed by atoms with Crippen LogP contribution >= 0.6 is 0 Å². The second kappa shape index (κ2) is 9.26. The molecule has 0 aromatic carbocycles. The first-order chi connectivity index (χ1) is 13.9. The molecule has 8 nitrogen and oxygen atoms in total. The molecule has 3 aliphatic rings. The van der Waals surface area contributed by atoms with Crippen molar-refractivity contribution in [3.05, 3.63) is 11.1 Å². The molecule has 3 aliphatic heterocycles. The molecule has 162 valence electrons. The summed E-state index contributed by atoms with van der Waals surface area (Å²) in [6.07, 6.45) is 1.82. The van der Waals surface area contributed by atoms with Gasteiger partial charge < -0.3 is 24.8 Å². The molecule has 0 unspecified atom stereocenters. The van der Waals surface area contributed by atoms with Gasteiger partial charge in [-0.2, -0.15) is 0 Å². The third kappa shape index (κ3) is 4.80. The molecule has 0 aromatic rings. The minimum atomic E-state index is -0.881. The lowest BCUT2D eigenvalue weighted by Crippen LogP contribution is -2.50. The van der Waals surface area contributed by atoms with Crippen molar-refractivity contribution in [1.82, 2.24) is 20.0 Å². The quantitative estimate of drug-likeness (QED) is 0.508. The van der Waals surface area contributed by atoms with Crippen LogP contribution in [0, 0.1) is 0 Å². The molecule has 2 saturated heterocycles. The Balaban J connectivity index is 1.51. The van der Waals surface area contributed by atoms with Crippen LogP contribution in [0.5, 0.6) is 0 Å². The fourth-order valence-corrected chi connectivity index (χ4v) is 4.58. The summed E-state index contributed by atoms with van der Waals surface area (Å²) in [6.45, 7) is 13.4. The van der Waals surface area contributed by atoms with Crippen LogP contribution in [0.15, 0.2) is 11.1 Å². The van der Waals surface area contributed by atoms with Gasteiger partial charge in [-0.05, 0) is 26.4 Å². The van der Waals surface area contributed by atoms with E-state index in [4.69, 9.17) is 4.74 Å². The summed E-state index contributed by atoms with van der Waals surface area (Å²) in [6, 6.07) is 0. The van der Waals surface area contributed by atoms with Crippen molar-refractivity contribution in [2.75, 3.05) is 58.9 Å². The van der Waals surface area contributed by atoms with Crippen LogP contribution in [0.1, 0.15) is 40.0 Å². The lowest BCUT2D eigenvalue weighted by atomic mass is 9.82. The number of carbonyl (C=O) groups excluding carboxylic acids is 3. The second-order valence-corrected chi connectivity index (χ2v) is 8.28. The van der Waals surface area contributed by atoms with Gasteiger partial charge in [-0.1, -0.05) is 6.92 Å². The Morgan fingerprint density at radius 3 is 2.28 bits per heavy atom. The highest BCUT2D eigenvalue weighted by molar-refractivity contribution is 6.07. The van der Waals surface area contributed by atoms with Crippen molar-refractivity contribution in [2.45, 2.75) is 45.6 Å². The van der Waals surface area contributed by atoms with Crippen LogP contribution in [0.2, 0.25) is 0 Å². The number of nitrogens with zero attached hydrogens (tertiary/aromatic N) is 3. The molecule has 0 saturated carbocycles. The monoisotopic (exact) mass is 406 g/mol. The number of ether oxygens (including phenoxy) is 1. The van der Waals surface area contributed by atoms with E-state index in [-0.39, 0.29) is 11.8 Å². The molecule has 1 spiro atoms. The molecule has 29 heavy (non-hydrogen) atoms. The molecular weight excluding hydrogens is 372 g/mol. The summed E-state index contributed by atoms with van der Waals surface area (Å²) in [5.41, 5.74) is -0.0232. The number of likely N-dealkylation sites (N-methyl/N-ethyl adjacent to an activating group) is 1. The van der Waals surface area contributed by atoms with E-state index in [1.165, 1.54) is 6.92 Å². The molecule has 3 heterocycles. The number of esters is 1. The zero-order valence-corrected chi connectivity index (χ0v) is 18.0. The molecule has 3 rings (SSSR count). The zero-order chi connectivity index (χ0) is 21.0. The summed E-state index contributed by atoms with van der Waals surface area (Å²) in [4.78, 5) is 43.4. The van der Waals surface area contributed by atoms with E-state index in [0.717, 1.165) is 45.7 Å². The van der Waals surface area contributed by atoms with Gasteiger partial charge in [0.1, 0.15) is 5.60 Å². The minimum Gasteiger partial charge on any atom is -0.450 e. The number of amides is 2. The van der Waals surface area contributed by atoms with Gasteiger partial charge in [0.15, 0.2) is 0 Å². The Morgan fingerprint density at radius 1 is 1.07 bits per heavy atom. The molecule has 2 amide bonds. The molecule has 0 aliphatic carbocycles. The Bertz CT molecular complexity index is 674. The van der Waals surface area contributed by atoms with E-state index in [9.17, 15) is 14.4 Å². The summed E-state index contributed by atoms with van der Waals surface area (Å²) < 4.78 is 5.66. The maximum absolute atomic E-state index is 12.9. The Hall–Kier alpha value is -1.93. The number of likely N-dealkylation sites (tertiary alicyclic amines) is 1. The van der Waals surface area contributed by atoms with Gasteiger partial charge in [0.05, 0.1) is 5.57 Å². The van der Waals surface area contributed by atoms with E-state index in [2.05, 4.69) is 22.0 Å². The van der Waals surface area contributed by atoms with Gasteiger partial charge >= 0.3 is 5.97 Å². The van der Waals surface area contributed by atoms with Crippen LogP contribution in [0.4, 0.5) is 0 Å². The lowest BCUT2D eigenvalue weighted by Gasteiger charge is -2.39. The third-order valence-electron chi connectivity index (χ3n) is 6.52. The van der Waals surface area contributed by atoms with Gasteiger partial charge in [-0.25, -0.2) is 4.79 Å². The first-order valence-corrected chi connectivity index (χ1v) is 10.8. The molecule has 1 N–H and O–H groups in total. The first kappa shape index (κ1) is 21.8. The maximum atomic E-state index is 12.9. The Kier molecular flexibility index (Phi) is 6.95. The fraction of sp³-hybridized carbons (Fsp3) is 0.762. The van der Waals surface area contributed by atoms with Crippen molar-refractivity contribution in [2.24, 2.45) is 0 Å². The number of hydrogen-bond acceptors (Lipinski definition) is 6. The lowest BCUT2D eigenvalue weighted by molar-refractivity contribution is -0.152. The highest BCUT2D eigenvalue weighted by atomic mass is 16.6. The zero-order valence-electron chi connectivity index (χ0n) is 18.0. The SMILES string of the molecule is CCN1CCN(CCCNC(=O)C2=C(C)C(=O)OC23CCN(C(C)=O)CC3)CC1. The van der Waals surface area contributed by atoms with Crippen LogP contribution < -0.4 is 5.32 Å². The topological polar surface area (TPSA) is 82.2 Å². The first-order valence-electron chi connectivity index (χ1n) is 10.8. The van der Waals surface area contributed by atoms with Crippen molar-refractivity contribution in [3.8, 4) is 0 Å². The van der Waals surface area contributed by atoms with Crippen molar-refractivity contribution in [1.29, 1.82) is 0 Å². The Morgan fingerprint density at radius 2 is 1.69 bits per heavy atom.